The highest BCUT2D eigenvalue weighted by Gasteiger charge is 2.18. The van der Waals surface area contributed by atoms with Crippen LogP contribution in [-0.2, 0) is 24.2 Å². The van der Waals surface area contributed by atoms with Crippen LogP contribution >= 0.6 is 0 Å². The smallest absolute Gasteiger partial charge is 0.307 e. The van der Waals surface area contributed by atoms with E-state index in [2.05, 4.69) is 5.32 Å². The maximum Gasteiger partial charge on any atom is 0.307 e. The first-order chi connectivity index (χ1) is 13.6. The first-order valence-electron chi connectivity index (χ1n) is 8.58. The SMILES string of the molecule is Cc1ccc(S(=O)(=O)CCC(=O)OCC(=O)Nc2cc([N+](=O)[O-])ccc2C)cc1. The number of anilines is 1. The van der Waals surface area contributed by atoms with Gasteiger partial charge in [-0.3, -0.25) is 19.7 Å². The number of benzene rings is 2. The fourth-order valence-corrected chi connectivity index (χ4v) is 3.57. The first-order valence-corrected chi connectivity index (χ1v) is 10.2. The van der Waals surface area contributed by atoms with E-state index in [9.17, 15) is 28.1 Å². The molecule has 0 aliphatic rings. The number of rotatable bonds is 8. The van der Waals surface area contributed by atoms with Crippen LogP contribution in [0, 0.1) is 24.0 Å². The number of carbonyl (C=O) groups excluding carboxylic acids is 2. The van der Waals surface area contributed by atoms with Crippen LogP contribution in [0.1, 0.15) is 17.5 Å². The number of aryl methyl sites for hydroxylation is 2. The van der Waals surface area contributed by atoms with Gasteiger partial charge in [-0.15, -0.1) is 0 Å². The Balaban J connectivity index is 1.86. The van der Waals surface area contributed by atoms with Crippen LogP contribution in [0.25, 0.3) is 0 Å². The summed E-state index contributed by atoms with van der Waals surface area (Å²) in [7, 11) is -3.64. The third-order valence-electron chi connectivity index (χ3n) is 4.03. The third kappa shape index (κ3) is 6.39. The molecule has 1 amide bonds. The highest BCUT2D eigenvalue weighted by molar-refractivity contribution is 7.91. The van der Waals surface area contributed by atoms with Crippen molar-refractivity contribution in [2.75, 3.05) is 17.7 Å². The summed E-state index contributed by atoms with van der Waals surface area (Å²) >= 11 is 0. The second-order valence-electron chi connectivity index (χ2n) is 6.35. The van der Waals surface area contributed by atoms with Crippen molar-refractivity contribution in [3.05, 3.63) is 63.7 Å². The monoisotopic (exact) mass is 420 g/mol. The van der Waals surface area contributed by atoms with Crippen LogP contribution < -0.4 is 5.32 Å². The molecule has 0 aromatic heterocycles. The molecular formula is C19H20N2O7S. The summed E-state index contributed by atoms with van der Waals surface area (Å²) < 4.78 is 29.2. The number of amides is 1. The molecule has 0 saturated carbocycles. The van der Waals surface area contributed by atoms with Crippen LogP contribution in [-0.4, -0.2) is 37.6 Å². The lowest BCUT2D eigenvalue weighted by molar-refractivity contribution is -0.384. The lowest BCUT2D eigenvalue weighted by Gasteiger charge is -2.09. The van der Waals surface area contributed by atoms with Crippen LogP contribution in [0.2, 0.25) is 0 Å². The summed E-state index contributed by atoms with van der Waals surface area (Å²) in [5.41, 5.74) is 1.54. The number of sulfone groups is 1. The average Bonchev–Trinajstić information content (AvgIpc) is 2.66. The summed E-state index contributed by atoms with van der Waals surface area (Å²) in [6, 6.07) is 10.2. The zero-order valence-corrected chi connectivity index (χ0v) is 16.7. The van der Waals surface area contributed by atoms with Crippen molar-refractivity contribution in [3.8, 4) is 0 Å². The third-order valence-corrected chi connectivity index (χ3v) is 5.76. The van der Waals surface area contributed by atoms with Crippen molar-refractivity contribution < 1.29 is 27.7 Å². The second kappa shape index (κ2) is 9.28. The molecule has 1 N–H and O–H groups in total. The Morgan fingerprint density at radius 2 is 1.76 bits per heavy atom. The summed E-state index contributed by atoms with van der Waals surface area (Å²) in [6.45, 7) is 2.85. The van der Waals surface area contributed by atoms with Gasteiger partial charge < -0.3 is 10.1 Å². The molecule has 29 heavy (non-hydrogen) atoms. The fourth-order valence-electron chi connectivity index (χ4n) is 2.34. The van der Waals surface area contributed by atoms with Gasteiger partial charge in [-0.05, 0) is 31.5 Å². The Morgan fingerprint density at radius 3 is 2.38 bits per heavy atom. The van der Waals surface area contributed by atoms with E-state index in [4.69, 9.17) is 4.74 Å². The molecule has 9 nitrogen and oxygen atoms in total. The zero-order chi connectivity index (χ0) is 21.6. The number of hydrogen-bond donors (Lipinski definition) is 1. The molecule has 2 rings (SSSR count). The fraction of sp³-hybridized carbons (Fsp3) is 0.263. The number of nitrogens with zero attached hydrogens (tertiary/aromatic N) is 1. The van der Waals surface area contributed by atoms with Gasteiger partial charge in [0.15, 0.2) is 16.4 Å². The van der Waals surface area contributed by atoms with Crippen molar-refractivity contribution in [1.82, 2.24) is 0 Å². The van der Waals surface area contributed by atoms with Crippen LogP contribution in [0.5, 0.6) is 0 Å². The van der Waals surface area contributed by atoms with E-state index in [-0.39, 0.29) is 16.3 Å². The summed E-state index contributed by atoms with van der Waals surface area (Å²) in [5, 5.41) is 13.2. The van der Waals surface area contributed by atoms with Gasteiger partial charge in [0.05, 0.1) is 27.7 Å². The van der Waals surface area contributed by atoms with Crippen LogP contribution in [0.15, 0.2) is 47.4 Å². The highest BCUT2D eigenvalue weighted by atomic mass is 32.2. The molecule has 0 atom stereocenters. The highest BCUT2D eigenvalue weighted by Crippen LogP contribution is 2.21. The van der Waals surface area contributed by atoms with Gasteiger partial charge in [-0.2, -0.15) is 0 Å². The minimum Gasteiger partial charge on any atom is -0.456 e. The van der Waals surface area contributed by atoms with Gasteiger partial charge in [0.1, 0.15) is 0 Å². The molecule has 0 unspecified atom stereocenters. The normalized spacial score (nSPS) is 11.0. The Morgan fingerprint density at radius 1 is 1.10 bits per heavy atom. The van der Waals surface area contributed by atoms with Crippen molar-refractivity contribution in [2.24, 2.45) is 0 Å². The predicted molar refractivity (Wildman–Crippen MR) is 105 cm³/mol. The van der Waals surface area contributed by atoms with E-state index in [1.165, 1.54) is 30.3 Å². The Labute approximate surface area is 167 Å². The van der Waals surface area contributed by atoms with Crippen LogP contribution in [0.3, 0.4) is 0 Å². The first kappa shape index (κ1) is 22.0. The molecule has 0 spiro atoms. The lowest BCUT2D eigenvalue weighted by atomic mass is 10.2. The zero-order valence-electron chi connectivity index (χ0n) is 15.9. The molecule has 0 fully saturated rings. The summed E-state index contributed by atoms with van der Waals surface area (Å²) in [4.78, 5) is 34.0. The Kier molecular flexibility index (Phi) is 7.05. The molecule has 0 radical (unpaired) electrons. The van der Waals surface area contributed by atoms with Crippen molar-refractivity contribution in [1.29, 1.82) is 0 Å². The number of nitro benzene ring substituents is 1. The van der Waals surface area contributed by atoms with Gasteiger partial charge in [0.25, 0.3) is 11.6 Å². The number of nitrogens with one attached hydrogen (secondary N) is 1. The van der Waals surface area contributed by atoms with E-state index < -0.39 is 45.4 Å². The molecule has 2 aromatic carbocycles. The summed E-state index contributed by atoms with van der Waals surface area (Å²) in [5.74, 6) is -1.98. The minimum absolute atomic E-state index is 0.106. The molecule has 0 heterocycles. The molecular weight excluding hydrogens is 400 g/mol. The molecule has 154 valence electrons. The van der Waals surface area contributed by atoms with Gasteiger partial charge in [0, 0.05) is 12.1 Å². The van der Waals surface area contributed by atoms with E-state index in [0.29, 0.717) is 5.56 Å². The van der Waals surface area contributed by atoms with Gasteiger partial charge >= 0.3 is 5.97 Å². The van der Waals surface area contributed by atoms with E-state index in [1.807, 2.05) is 6.92 Å². The van der Waals surface area contributed by atoms with Crippen LogP contribution in [0.4, 0.5) is 11.4 Å². The maximum atomic E-state index is 12.2. The topological polar surface area (TPSA) is 133 Å². The minimum atomic E-state index is -3.64. The van der Waals surface area contributed by atoms with E-state index >= 15 is 0 Å². The standard InChI is InChI=1S/C19H20N2O7S/c1-13-3-7-16(8-4-13)29(26,27)10-9-19(23)28-12-18(22)20-17-11-15(21(24)25)6-5-14(17)2/h3-8,11H,9-10,12H2,1-2H3,(H,20,22). The quantitative estimate of drug-likeness (QED) is 0.394. The van der Waals surface area contributed by atoms with Crippen molar-refractivity contribution >= 4 is 33.1 Å². The van der Waals surface area contributed by atoms with Gasteiger partial charge in [-0.1, -0.05) is 23.8 Å². The number of carbonyl (C=O) groups is 2. The van der Waals surface area contributed by atoms with Gasteiger partial charge in [-0.25, -0.2) is 8.42 Å². The number of hydrogen-bond acceptors (Lipinski definition) is 7. The Hall–Kier alpha value is -3.27. The van der Waals surface area contributed by atoms with Gasteiger partial charge in [0.2, 0.25) is 0 Å². The molecule has 10 heteroatoms. The van der Waals surface area contributed by atoms with E-state index in [1.54, 1.807) is 19.1 Å². The Bertz CT molecular complexity index is 1030. The predicted octanol–water partition coefficient (Wildman–Crippen LogP) is 2.56. The largest absolute Gasteiger partial charge is 0.456 e. The van der Waals surface area contributed by atoms with Crippen molar-refractivity contribution in [2.45, 2.75) is 25.2 Å². The second-order valence-corrected chi connectivity index (χ2v) is 8.46. The van der Waals surface area contributed by atoms with Crippen molar-refractivity contribution in [3.63, 3.8) is 0 Å². The summed E-state index contributed by atoms with van der Waals surface area (Å²) in [6.07, 6.45) is -0.403. The number of ether oxygens (including phenoxy) is 1. The number of non-ortho nitro benzene ring substituents is 1. The number of esters is 1. The molecule has 0 bridgehead atoms. The lowest BCUT2D eigenvalue weighted by Crippen LogP contribution is -2.22. The molecule has 0 aliphatic carbocycles. The number of nitro groups is 1. The van der Waals surface area contributed by atoms with E-state index in [0.717, 1.165) is 5.56 Å². The molecule has 0 saturated heterocycles. The average molecular weight is 420 g/mol. The maximum absolute atomic E-state index is 12.2. The molecule has 2 aromatic rings. The molecule has 0 aliphatic heterocycles.